The van der Waals surface area contributed by atoms with E-state index < -0.39 is 0 Å². The predicted octanol–water partition coefficient (Wildman–Crippen LogP) is 3.26. The van der Waals surface area contributed by atoms with Crippen molar-refractivity contribution in [2.24, 2.45) is 7.05 Å². The van der Waals surface area contributed by atoms with Gasteiger partial charge in [-0.1, -0.05) is 25.4 Å². The van der Waals surface area contributed by atoms with Crippen molar-refractivity contribution >= 4 is 11.6 Å². The van der Waals surface area contributed by atoms with Crippen LogP contribution >= 0.6 is 11.6 Å². The quantitative estimate of drug-likeness (QED) is 0.800. The van der Waals surface area contributed by atoms with Crippen LogP contribution in [0.3, 0.4) is 0 Å². The topological polar surface area (TPSA) is 30.7 Å². The molecule has 0 fully saturated rings. The van der Waals surface area contributed by atoms with Gasteiger partial charge >= 0.3 is 0 Å². The van der Waals surface area contributed by atoms with Gasteiger partial charge in [0.1, 0.15) is 0 Å². The molecule has 0 spiro atoms. The number of rotatable bonds is 2. The molecular formula is C12H14ClN3. The first kappa shape index (κ1) is 11.1. The molecule has 0 unspecified atom stereocenters. The van der Waals surface area contributed by atoms with E-state index in [0.29, 0.717) is 10.9 Å². The number of nitrogens with zero attached hydrogens (tertiary/aromatic N) is 3. The number of hydrogen-bond donors (Lipinski definition) is 0. The fraction of sp³-hybridized carbons (Fsp3) is 0.333. The van der Waals surface area contributed by atoms with Crippen LogP contribution in [0.1, 0.15) is 25.3 Å². The molecule has 3 nitrogen and oxygen atoms in total. The Morgan fingerprint density at radius 3 is 2.56 bits per heavy atom. The zero-order chi connectivity index (χ0) is 11.7. The maximum Gasteiger partial charge on any atom is 0.0919 e. The SMILES string of the molecule is CC(C)c1cnc(-c2cnn(C)c2)c(Cl)c1. The van der Waals surface area contributed by atoms with Gasteiger partial charge in [-0.2, -0.15) is 5.10 Å². The zero-order valence-corrected chi connectivity index (χ0v) is 10.4. The Morgan fingerprint density at radius 1 is 1.31 bits per heavy atom. The molecule has 0 aromatic carbocycles. The molecule has 4 heteroatoms. The second-order valence-electron chi connectivity index (χ2n) is 4.16. The molecule has 2 aromatic heterocycles. The van der Waals surface area contributed by atoms with E-state index in [1.165, 1.54) is 0 Å². The van der Waals surface area contributed by atoms with Gasteiger partial charge in [-0.3, -0.25) is 9.67 Å². The summed E-state index contributed by atoms with van der Waals surface area (Å²) in [6.07, 6.45) is 5.55. The van der Waals surface area contributed by atoms with Crippen LogP contribution < -0.4 is 0 Å². The summed E-state index contributed by atoms with van der Waals surface area (Å²) < 4.78 is 1.74. The highest BCUT2D eigenvalue weighted by atomic mass is 35.5. The lowest BCUT2D eigenvalue weighted by Crippen LogP contribution is -1.91. The van der Waals surface area contributed by atoms with Crippen molar-refractivity contribution in [2.75, 3.05) is 0 Å². The summed E-state index contributed by atoms with van der Waals surface area (Å²) >= 11 is 6.22. The van der Waals surface area contributed by atoms with Gasteiger partial charge in [-0.25, -0.2) is 0 Å². The molecule has 84 valence electrons. The first-order valence-corrected chi connectivity index (χ1v) is 5.60. The summed E-state index contributed by atoms with van der Waals surface area (Å²) in [4.78, 5) is 4.40. The van der Waals surface area contributed by atoms with E-state index in [0.717, 1.165) is 16.8 Å². The molecule has 2 rings (SSSR count). The van der Waals surface area contributed by atoms with Gasteiger partial charge in [0.2, 0.25) is 0 Å². The Bertz CT molecular complexity index is 503. The van der Waals surface area contributed by atoms with Crippen molar-refractivity contribution < 1.29 is 0 Å². The van der Waals surface area contributed by atoms with Crippen LogP contribution in [-0.2, 0) is 7.05 Å². The van der Waals surface area contributed by atoms with Crippen molar-refractivity contribution in [3.8, 4) is 11.3 Å². The first-order chi connectivity index (χ1) is 7.58. The molecule has 0 aliphatic rings. The molecule has 16 heavy (non-hydrogen) atoms. The molecule has 0 bridgehead atoms. The van der Waals surface area contributed by atoms with Gasteiger partial charge in [0, 0.05) is 25.0 Å². The van der Waals surface area contributed by atoms with Crippen molar-refractivity contribution in [2.45, 2.75) is 19.8 Å². The maximum absolute atomic E-state index is 6.22. The highest BCUT2D eigenvalue weighted by Crippen LogP contribution is 2.27. The predicted molar refractivity (Wildman–Crippen MR) is 65.5 cm³/mol. The second kappa shape index (κ2) is 4.26. The van der Waals surface area contributed by atoms with Crippen LogP contribution in [0.15, 0.2) is 24.7 Å². The normalized spacial score (nSPS) is 11.1. The van der Waals surface area contributed by atoms with E-state index in [4.69, 9.17) is 11.6 Å². The van der Waals surface area contributed by atoms with Crippen LogP contribution in [-0.4, -0.2) is 14.8 Å². The van der Waals surface area contributed by atoms with Gasteiger partial charge < -0.3 is 0 Å². The molecule has 0 saturated carbocycles. The Hall–Kier alpha value is -1.35. The minimum atomic E-state index is 0.438. The lowest BCUT2D eigenvalue weighted by molar-refractivity contribution is 0.768. The molecule has 0 aliphatic heterocycles. The summed E-state index contributed by atoms with van der Waals surface area (Å²) in [5.41, 5.74) is 2.89. The third-order valence-corrected chi connectivity index (χ3v) is 2.80. The van der Waals surface area contributed by atoms with Crippen LogP contribution in [0.5, 0.6) is 0 Å². The number of hydrogen-bond acceptors (Lipinski definition) is 2. The number of aromatic nitrogens is 3. The third kappa shape index (κ3) is 2.09. The van der Waals surface area contributed by atoms with Gasteiger partial charge in [-0.15, -0.1) is 0 Å². The zero-order valence-electron chi connectivity index (χ0n) is 9.61. The summed E-state index contributed by atoms with van der Waals surface area (Å²) in [5, 5.41) is 4.79. The van der Waals surface area contributed by atoms with Crippen LogP contribution in [0.25, 0.3) is 11.3 Å². The average molecular weight is 236 g/mol. The Morgan fingerprint density at radius 2 is 2.06 bits per heavy atom. The second-order valence-corrected chi connectivity index (χ2v) is 4.56. The lowest BCUT2D eigenvalue weighted by atomic mass is 10.1. The van der Waals surface area contributed by atoms with Crippen molar-refractivity contribution in [3.05, 3.63) is 35.2 Å². The van der Waals surface area contributed by atoms with Crippen LogP contribution in [0.4, 0.5) is 0 Å². The van der Waals surface area contributed by atoms with E-state index in [1.807, 2.05) is 25.5 Å². The van der Waals surface area contributed by atoms with E-state index in [1.54, 1.807) is 10.9 Å². The van der Waals surface area contributed by atoms with E-state index in [2.05, 4.69) is 23.9 Å². The molecule has 2 heterocycles. The Balaban J connectivity index is 2.44. The molecule has 0 N–H and O–H groups in total. The summed E-state index contributed by atoms with van der Waals surface area (Å²) in [6, 6.07) is 1.97. The molecule has 0 aliphatic carbocycles. The standard InChI is InChI=1S/C12H14ClN3/c1-8(2)9-4-11(13)12(14-5-9)10-6-15-16(3)7-10/h4-8H,1-3H3. The van der Waals surface area contributed by atoms with E-state index >= 15 is 0 Å². The fourth-order valence-electron chi connectivity index (χ4n) is 1.52. The molecule has 0 saturated heterocycles. The number of halogens is 1. The maximum atomic E-state index is 6.22. The van der Waals surface area contributed by atoms with Crippen molar-refractivity contribution in [1.82, 2.24) is 14.8 Å². The smallest absolute Gasteiger partial charge is 0.0919 e. The molecule has 0 atom stereocenters. The first-order valence-electron chi connectivity index (χ1n) is 5.22. The van der Waals surface area contributed by atoms with Crippen molar-refractivity contribution in [1.29, 1.82) is 0 Å². The molecule has 0 radical (unpaired) electrons. The summed E-state index contributed by atoms with van der Waals surface area (Å²) in [5.74, 6) is 0.438. The highest BCUT2D eigenvalue weighted by Gasteiger charge is 2.09. The molecule has 2 aromatic rings. The largest absolute Gasteiger partial charge is 0.275 e. The third-order valence-electron chi connectivity index (χ3n) is 2.51. The van der Waals surface area contributed by atoms with Gasteiger partial charge in [0.15, 0.2) is 0 Å². The van der Waals surface area contributed by atoms with Crippen LogP contribution in [0, 0.1) is 0 Å². The molecule has 0 amide bonds. The summed E-state index contributed by atoms with van der Waals surface area (Å²) in [7, 11) is 1.87. The van der Waals surface area contributed by atoms with Gasteiger partial charge in [0.25, 0.3) is 0 Å². The Labute approximate surface area is 100 Å². The number of pyridine rings is 1. The van der Waals surface area contributed by atoms with Gasteiger partial charge in [0.05, 0.1) is 16.9 Å². The van der Waals surface area contributed by atoms with Gasteiger partial charge in [-0.05, 0) is 17.5 Å². The molecular weight excluding hydrogens is 222 g/mol. The fourth-order valence-corrected chi connectivity index (χ4v) is 1.81. The van der Waals surface area contributed by atoms with E-state index in [-0.39, 0.29) is 0 Å². The van der Waals surface area contributed by atoms with E-state index in [9.17, 15) is 0 Å². The average Bonchev–Trinajstić information content (AvgIpc) is 2.64. The lowest BCUT2D eigenvalue weighted by Gasteiger charge is -2.07. The highest BCUT2D eigenvalue weighted by molar-refractivity contribution is 6.33. The monoisotopic (exact) mass is 235 g/mol. The minimum absolute atomic E-state index is 0.438. The minimum Gasteiger partial charge on any atom is -0.275 e. The summed E-state index contributed by atoms with van der Waals surface area (Å²) in [6.45, 7) is 4.24. The Kier molecular flexibility index (Phi) is 2.97. The number of aryl methyl sites for hydroxylation is 1. The van der Waals surface area contributed by atoms with Crippen molar-refractivity contribution in [3.63, 3.8) is 0 Å². The van der Waals surface area contributed by atoms with Crippen LogP contribution in [0.2, 0.25) is 5.02 Å².